The second kappa shape index (κ2) is 9.80. The summed E-state index contributed by atoms with van der Waals surface area (Å²) in [6.07, 6.45) is 1.35. The molecule has 0 bridgehead atoms. The second-order valence-electron chi connectivity index (χ2n) is 6.13. The number of carbonyl (C=O) groups excluding carboxylic acids is 2. The Morgan fingerprint density at radius 2 is 1.83 bits per heavy atom. The third-order valence-electron chi connectivity index (χ3n) is 4.22. The fourth-order valence-electron chi connectivity index (χ4n) is 2.79. The van der Waals surface area contributed by atoms with Crippen molar-refractivity contribution >= 4 is 23.6 Å². The van der Waals surface area contributed by atoms with E-state index >= 15 is 0 Å². The van der Waals surface area contributed by atoms with Gasteiger partial charge in [0.1, 0.15) is 12.4 Å². The van der Waals surface area contributed by atoms with E-state index in [-0.39, 0.29) is 5.91 Å². The van der Waals surface area contributed by atoms with Crippen LogP contribution in [0.15, 0.2) is 59.6 Å². The average Bonchev–Trinajstić information content (AvgIpc) is 3.08. The standard InChI is InChI=1S/C22H20N2O4S/c1-2-27-22(26)13-21-24(20(25)15-29-21)11-12-28-19-9-7-18(8-10-19)17-5-3-16(14-23)4-6-17/h3-10,13H,2,11-12,15H2,1H3/b21-13-. The monoisotopic (exact) mass is 408 g/mol. The van der Waals surface area contributed by atoms with E-state index in [0.29, 0.717) is 41.9 Å². The molecule has 2 aromatic carbocycles. The number of carbonyl (C=O) groups is 2. The molecule has 6 nitrogen and oxygen atoms in total. The van der Waals surface area contributed by atoms with E-state index in [1.807, 2.05) is 36.4 Å². The minimum atomic E-state index is -0.450. The summed E-state index contributed by atoms with van der Waals surface area (Å²) in [6.45, 7) is 2.70. The summed E-state index contributed by atoms with van der Waals surface area (Å²) in [4.78, 5) is 25.2. The van der Waals surface area contributed by atoms with E-state index in [9.17, 15) is 9.59 Å². The van der Waals surface area contributed by atoms with Crippen LogP contribution in [0.3, 0.4) is 0 Å². The Balaban J connectivity index is 1.56. The number of amides is 1. The van der Waals surface area contributed by atoms with Crippen LogP contribution >= 0.6 is 11.8 Å². The van der Waals surface area contributed by atoms with Crippen molar-refractivity contribution in [2.75, 3.05) is 25.5 Å². The van der Waals surface area contributed by atoms with Gasteiger partial charge in [0.15, 0.2) is 0 Å². The predicted molar refractivity (Wildman–Crippen MR) is 111 cm³/mol. The molecule has 0 unspecified atom stereocenters. The van der Waals surface area contributed by atoms with Gasteiger partial charge >= 0.3 is 5.97 Å². The van der Waals surface area contributed by atoms with Gasteiger partial charge in [-0.25, -0.2) is 4.79 Å². The highest BCUT2D eigenvalue weighted by Crippen LogP contribution is 2.28. The van der Waals surface area contributed by atoms with Crippen LogP contribution in [0.1, 0.15) is 12.5 Å². The van der Waals surface area contributed by atoms with Crippen LogP contribution in [0.5, 0.6) is 5.75 Å². The van der Waals surface area contributed by atoms with Crippen molar-refractivity contribution in [2.45, 2.75) is 6.92 Å². The summed E-state index contributed by atoms with van der Waals surface area (Å²) in [5.74, 6) is 0.502. The Hall–Kier alpha value is -3.24. The van der Waals surface area contributed by atoms with Crippen LogP contribution in [-0.2, 0) is 14.3 Å². The third kappa shape index (κ3) is 5.39. The zero-order valence-electron chi connectivity index (χ0n) is 16.0. The van der Waals surface area contributed by atoms with Crippen molar-refractivity contribution in [1.29, 1.82) is 5.26 Å². The normalized spacial score (nSPS) is 14.7. The van der Waals surface area contributed by atoms with Gasteiger partial charge < -0.3 is 14.4 Å². The smallest absolute Gasteiger partial charge is 0.333 e. The summed E-state index contributed by atoms with van der Waals surface area (Å²) in [5.41, 5.74) is 2.66. The number of hydrogen-bond acceptors (Lipinski definition) is 6. The van der Waals surface area contributed by atoms with Crippen molar-refractivity contribution in [1.82, 2.24) is 4.90 Å². The number of ether oxygens (including phenoxy) is 2. The van der Waals surface area contributed by atoms with Gasteiger partial charge in [0.05, 0.1) is 41.6 Å². The fraction of sp³-hybridized carbons (Fsp3) is 0.227. The van der Waals surface area contributed by atoms with E-state index in [0.717, 1.165) is 11.1 Å². The molecule has 0 spiro atoms. The Morgan fingerprint density at radius 3 is 2.45 bits per heavy atom. The van der Waals surface area contributed by atoms with Gasteiger partial charge in [0.2, 0.25) is 5.91 Å². The number of nitrogens with zero attached hydrogens (tertiary/aromatic N) is 2. The lowest BCUT2D eigenvalue weighted by Crippen LogP contribution is -2.29. The summed E-state index contributed by atoms with van der Waals surface area (Å²) in [7, 11) is 0. The first-order valence-electron chi connectivity index (χ1n) is 9.15. The van der Waals surface area contributed by atoms with Gasteiger partial charge in [-0.3, -0.25) is 4.79 Å². The molecule has 0 aromatic heterocycles. The van der Waals surface area contributed by atoms with Crippen molar-refractivity contribution in [3.63, 3.8) is 0 Å². The minimum Gasteiger partial charge on any atom is -0.492 e. The molecule has 29 heavy (non-hydrogen) atoms. The molecule has 0 saturated carbocycles. The van der Waals surface area contributed by atoms with Crippen LogP contribution in [0, 0.1) is 11.3 Å². The maximum Gasteiger partial charge on any atom is 0.333 e. The maximum atomic E-state index is 12.1. The molecular formula is C22H20N2O4S. The zero-order valence-corrected chi connectivity index (χ0v) is 16.8. The van der Waals surface area contributed by atoms with Gasteiger partial charge in [-0.1, -0.05) is 36.0 Å². The van der Waals surface area contributed by atoms with Gasteiger partial charge in [-0.2, -0.15) is 5.26 Å². The lowest BCUT2D eigenvalue weighted by atomic mass is 10.0. The number of benzene rings is 2. The summed E-state index contributed by atoms with van der Waals surface area (Å²) >= 11 is 1.32. The van der Waals surface area contributed by atoms with Crippen molar-refractivity contribution < 1.29 is 19.1 Å². The molecule has 7 heteroatoms. The molecule has 1 heterocycles. The van der Waals surface area contributed by atoms with Crippen LogP contribution in [0.25, 0.3) is 11.1 Å². The van der Waals surface area contributed by atoms with E-state index < -0.39 is 5.97 Å². The van der Waals surface area contributed by atoms with Gasteiger partial charge in [0, 0.05) is 0 Å². The molecule has 148 valence electrons. The van der Waals surface area contributed by atoms with Crippen LogP contribution in [-0.4, -0.2) is 42.3 Å². The molecule has 1 aliphatic heterocycles. The molecule has 0 atom stereocenters. The number of rotatable bonds is 7. The van der Waals surface area contributed by atoms with Crippen molar-refractivity contribution in [3.05, 3.63) is 65.2 Å². The molecule has 1 saturated heterocycles. The molecule has 3 rings (SSSR count). The molecule has 0 aliphatic carbocycles. The molecule has 1 amide bonds. The lowest BCUT2D eigenvalue weighted by Gasteiger charge is -2.17. The van der Waals surface area contributed by atoms with Crippen LogP contribution < -0.4 is 4.74 Å². The first-order chi connectivity index (χ1) is 14.1. The van der Waals surface area contributed by atoms with E-state index in [1.165, 1.54) is 17.8 Å². The lowest BCUT2D eigenvalue weighted by molar-refractivity contribution is -0.137. The SMILES string of the molecule is CCOC(=O)/C=C1\SCC(=O)N1CCOc1ccc(-c2ccc(C#N)cc2)cc1. The van der Waals surface area contributed by atoms with E-state index in [2.05, 4.69) is 6.07 Å². The minimum absolute atomic E-state index is 0.0506. The molecular weight excluding hydrogens is 388 g/mol. The summed E-state index contributed by atoms with van der Waals surface area (Å²) in [6, 6.07) is 17.1. The van der Waals surface area contributed by atoms with Crippen LogP contribution in [0.4, 0.5) is 0 Å². The molecule has 0 radical (unpaired) electrons. The first-order valence-corrected chi connectivity index (χ1v) is 10.1. The van der Waals surface area contributed by atoms with E-state index in [4.69, 9.17) is 14.7 Å². The quantitative estimate of drug-likeness (QED) is 0.515. The average molecular weight is 408 g/mol. The highest BCUT2D eigenvalue weighted by Gasteiger charge is 2.27. The zero-order chi connectivity index (χ0) is 20.6. The van der Waals surface area contributed by atoms with Gasteiger partial charge in [0.25, 0.3) is 0 Å². The Labute approximate surface area is 173 Å². The molecule has 2 aromatic rings. The molecule has 1 aliphatic rings. The Morgan fingerprint density at radius 1 is 1.17 bits per heavy atom. The summed E-state index contributed by atoms with van der Waals surface area (Å²) in [5, 5.41) is 9.47. The molecule has 0 N–H and O–H groups in total. The number of hydrogen-bond donors (Lipinski definition) is 0. The van der Waals surface area contributed by atoms with Gasteiger partial charge in [-0.05, 0) is 42.3 Å². The highest BCUT2D eigenvalue weighted by molar-refractivity contribution is 8.04. The topological polar surface area (TPSA) is 79.6 Å². The summed E-state index contributed by atoms with van der Waals surface area (Å²) < 4.78 is 10.7. The van der Waals surface area contributed by atoms with E-state index in [1.54, 1.807) is 24.0 Å². The fourth-order valence-corrected chi connectivity index (χ4v) is 3.74. The number of nitriles is 1. The van der Waals surface area contributed by atoms with Crippen molar-refractivity contribution in [2.24, 2.45) is 0 Å². The van der Waals surface area contributed by atoms with Crippen molar-refractivity contribution in [3.8, 4) is 22.9 Å². The number of esters is 1. The first kappa shape index (κ1) is 20.5. The van der Waals surface area contributed by atoms with Crippen LogP contribution in [0.2, 0.25) is 0 Å². The Bertz CT molecular complexity index is 946. The predicted octanol–water partition coefficient (Wildman–Crippen LogP) is 3.58. The number of thioether (sulfide) groups is 1. The third-order valence-corrected chi connectivity index (χ3v) is 5.25. The largest absolute Gasteiger partial charge is 0.492 e. The second-order valence-corrected chi connectivity index (χ2v) is 7.13. The Kier molecular flexibility index (Phi) is 6.93. The molecule has 1 fully saturated rings. The van der Waals surface area contributed by atoms with Gasteiger partial charge in [-0.15, -0.1) is 0 Å². The highest BCUT2D eigenvalue weighted by atomic mass is 32.2. The maximum absolute atomic E-state index is 12.1.